The van der Waals surface area contributed by atoms with Gasteiger partial charge in [-0.1, -0.05) is 0 Å². The molecule has 0 aliphatic rings. The Hall–Kier alpha value is -1.50. The van der Waals surface area contributed by atoms with E-state index in [0.29, 0.717) is 0 Å². The van der Waals surface area contributed by atoms with Gasteiger partial charge in [-0.05, 0) is 25.8 Å². The molecule has 0 aliphatic carbocycles. The van der Waals surface area contributed by atoms with E-state index in [2.05, 4.69) is 20.0 Å². The molecular formula is C11H19N5OS. The molecule has 7 heteroatoms. The number of amides is 2. The standard InChI is InChI=1S/C11H19N5OS/c1-8-7-13-10(9(2)14-8)16(4)5-6-18-15-11(17)12-3/h7H,5-6H2,1-4H3,(H2,12,15,17). The summed E-state index contributed by atoms with van der Waals surface area (Å²) in [5, 5.41) is 2.49. The monoisotopic (exact) mass is 269 g/mol. The molecular weight excluding hydrogens is 250 g/mol. The second-order valence-electron chi connectivity index (χ2n) is 3.87. The van der Waals surface area contributed by atoms with E-state index in [1.165, 1.54) is 11.9 Å². The molecule has 2 amide bonds. The number of rotatable bonds is 5. The summed E-state index contributed by atoms with van der Waals surface area (Å²) in [6, 6.07) is -0.186. The Morgan fingerprint density at radius 3 is 2.83 bits per heavy atom. The molecule has 0 bridgehead atoms. The van der Waals surface area contributed by atoms with E-state index < -0.39 is 0 Å². The first-order chi connectivity index (χ1) is 8.54. The Bertz CT molecular complexity index is 412. The lowest BCUT2D eigenvalue weighted by atomic mass is 10.4. The van der Waals surface area contributed by atoms with Crippen molar-refractivity contribution in [2.75, 3.05) is 31.3 Å². The van der Waals surface area contributed by atoms with Gasteiger partial charge in [-0.25, -0.2) is 9.78 Å². The zero-order valence-corrected chi connectivity index (χ0v) is 12.0. The van der Waals surface area contributed by atoms with E-state index in [4.69, 9.17) is 0 Å². The lowest BCUT2D eigenvalue weighted by Crippen LogP contribution is -2.29. The third-order valence-electron chi connectivity index (χ3n) is 2.32. The molecule has 1 aromatic heterocycles. The summed E-state index contributed by atoms with van der Waals surface area (Å²) >= 11 is 1.37. The Labute approximate surface area is 112 Å². The summed E-state index contributed by atoms with van der Waals surface area (Å²) < 4.78 is 2.67. The molecule has 0 saturated carbocycles. The van der Waals surface area contributed by atoms with Gasteiger partial charge in [0.25, 0.3) is 0 Å². The van der Waals surface area contributed by atoms with Crippen molar-refractivity contribution in [1.29, 1.82) is 0 Å². The SMILES string of the molecule is CNC(=O)NSCCN(C)c1ncc(C)nc1C. The summed E-state index contributed by atoms with van der Waals surface area (Å²) in [6.07, 6.45) is 1.76. The van der Waals surface area contributed by atoms with E-state index in [0.717, 1.165) is 29.5 Å². The third kappa shape index (κ3) is 4.40. The van der Waals surface area contributed by atoms with E-state index in [9.17, 15) is 4.79 Å². The average molecular weight is 269 g/mol. The second-order valence-corrected chi connectivity index (χ2v) is 4.77. The van der Waals surface area contributed by atoms with E-state index in [1.54, 1.807) is 13.2 Å². The highest BCUT2D eigenvalue weighted by Gasteiger charge is 2.07. The van der Waals surface area contributed by atoms with Crippen LogP contribution in [0.1, 0.15) is 11.4 Å². The van der Waals surface area contributed by atoms with Crippen molar-refractivity contribution in [3.05, 3.63) is 17.6 Å². The third-order valence-corrected chi connectivity index (χ3v) is 3.04. The van der Waals surface area contributed by atoms with Crippen molar-refractivity contribution in [1.82, 2.24) is 20.0 Å². The van der Waals surface area contributed by atoms with Gasteiger partial charge in [0.1, 0.15) is 5.82 Å². The minimum atomic E-state index is -0.186. The molecule has 0 aliphatic heterocycles. The van der Waals surface area contributed by atoms with Gasteiger partial charge in [0.15, 0.2) is 0 Å². The van der Waals surface area contributed by atoms with E-state index in [-0.39, 0.29) is 6.03 Å². The zero-order valence-electron chi connectivity index (χ0n) is 11.1. The number of urea groups is 1. The molecule has 1 rings (SSSR count). The minimum absolute atomic E-state index is 0.186. The van der Waals surface area contributed by atoms with Gasteiger partial charge in [-0.15, -0.1) is 0 Å². The number of carbonyl (C=O) groups excluding carboxylic acids is 1. The summed E-state index contributed by atoms with van der Waals surface area (Å²) in [5.41, 5.74) is 1.84. The molecule has 0 atom stereocenters. The maximum absolute atomic E-state index is 10.9. The highest BCUT2D eigenvalue weighted by Crippen LogP contribution is 2.13. The molecule has 0 fully saturated rings. The fourth-order valence-electron chi connectivity index (χ4n) is 1.42. The molecule has 18 heavy (non-hydrogen) atoms. The quantitative estimate of drug-likeness (QED) is 0.619. The topological polar surface area (TPSA) is 70.2 Å². The predicted octanol–water partition coefficient (Wildman–Crippen LogP) is 1.11. The Morgan fingerprint density at radius 2 is 2.22 bits per heavy atom. The number of hydrogen-bond acceptors (Lipinski definition) is 5. The molecule has 0 unspecified atom stereocenters. The smallest absolute Gasteiger partial charge is 0.324 e. The molecule has 0 aromatic carbocycles. The maximum Gasteiger partial charge on any atom is 0.324 e. The summed E-state index contributed by atoms with van der Waals surface area (Å²) in [5.74, 6) is 1.65. The molecule has 0 spiro atoms. The van der Waals surface area contributed by atoms with E-state index >= 15 is 0 Å². The van der Waals surface area contributed by atoms with Crippen LogP contribution in [0.25, 0.3) is 0 Å². The van der Waals surface area contributed by atoms with Crippen LogP contribution >= 0.6 is 11.9 Å². The van der Waals surface area contributed by atoms with Crippen molar-refractivity contribution in [2.24, 2.45) is 0 Å². The highest BCUT2D eigenvalue weighted by atomic mass is 32.2. The number of nitrogens with one attached hydrogen (secondary N) is 2. The largest absolute Gasteiger partial charge is 0.357 e. The maximum atomic E-state index is 10.9. The van der Waals surface area contributed by atoms with Crippen LogP contribution in [0.2, 0.25) is 0 Å². The predicted molar refractivity (Wildman–Crippen MR) is 74.8 cm³/mol. The Kier molecular flexibility index (Phi) is 5.70. The van der Waals surface area contributed by atoms with Gasteiger partial charge in [0, 0.05) is 26.4 Å². The number of anilines is 1. The summed E-state index contributed by atoms with van der Waals surface area (Å²) in [4.78, 5) is 21.7. The van der Waals surface area contributed by atoms with Crippen LogP contribution in [-0.4, -0.2) is 42.4 Å². The lowest BCUT2D eigenvalue weighted by molar-refractivity contribution is 0.248. The Balaban J connectivity index is 2.40. The van der Waals surface area contributed by atoms with Crippen LogP contribution in [0.4, 0.5) is 10.6 Å². The lowest BCUT2D eigenvalue weighted by Gasteiger charge is -2.19. The molecule has 0 saturated heterocycles. The second kappa shape index (κ2) is 7.05. The van der Waals surface area contributed by atoms with Crippen LogP contribution in [0.15, 0.2) is 6.20 Å². The first-order valence-electron chi connectivity index (χ1n) is 5.65. The molecule has 2 N–H and O–H groups in total. The van der Waals surface area contributed by atoms with Crippen molar-refractivity contribution >= 4 is 23.8 Å². The molecule has 6 nitrogen and oxygen atoms in total. The summed E-state index contributed by atoms with van der Waals surface area (Å²) in [6.45, 7) is 4.65. The first-order valence-corrected chi connectivity index (χ1v) is 6.64. The number of aryl methyl sites for hydroxylation is 2. The van der Waals surface area contributed by atoms with Crippen molar-refractivity contribution in [3.8, 4) is 0 Å². The number of nitrogens with zero attached hydrogens (tertiary/aromatic N) is 3. The molecule has 100 valence electrons. The molecule has 1 aromatic rings. The van der Waals surface area contributed by atoms with Crippen molar-refractivity contribution in [2.45, 2.75) is 13.8 Å². The van der Waals surface area contributed by atoms with Crippen LogP contribution in [0.5, 0.6) is 0 Å². The van der Waals surface area contributed by atoms with Crippen LogP contribution in [0, 0.1) is 13.8 Å². The number of hydrogen-bond donors (Lipinski definition) is 2. The normalized spacial score (nSPS) is 10.0. The van der Waals surface area contributed by atoms with Gasteiger partial charge in [0.05, 0.1) is 17.6 Å². The highest BCUT2D eigenvalue weighted by molar-refractivity contribution is 7.97. The molecule has 1 heterocycles. The van der Waals surface area contributed by atoms with Crippen molar-refractivity contribution < 1.29 is 4.79 Å². The summed E-state index contributed by atoms with van der Waals surface area (Å²) in [7, 11) is 3.56. The average Bonchev–Trinajstić information content (AvgIpc) is 2.34. The van der Waals surface area contributed by atoms with Crippen LogP contribution in [-0.2, 0) is 0 Å². The van der Waals surface area contributed by atoms with Crippen molar-refractivity contribution in [3.63, 3.8) is 0 Å². The minimum Gasteiger partial charge on any atom is -0.357 e. The van der Waals surface area contributed by atoms with E-state index in [1.807, 2.05) is 25.8 Å². The number of aromatic nitrogens is 2. The van der Waals surface area contributed by atoms with Gasteiger partial charge < -0.3 is 10.2 Å². The van der Waals surface area contributed by atoms with Crippen LogP contribution in [0.3, 0.4) is 0 Å². The first kappa shape index (κ1) is 14.6. The van der Waals surface area contributed by atoms with Crippen LogP contribution < -0.4 is 14.9 Å². The van der Waals surface area contributed by atoms with Gasteiger partial charge in [0.2, 0.25) is 0 Å². The van der Waals surface area contributed by atoms with Gasteiger partial charge in [-0.2, -0.15) is 0 Å². The van der Waals surface area contributed by atoms with Gasteiger partial charge in [-0.3, -0.25) is 9.71 Å². The molecule has 0 radical (unpaired) electrons. The van der Waals surface area contributed by atoms with Gasteiger partial charge >= 0.3 is 6.03 Å². The number of carbonyl (C=O) groups is 1. The Morgan fingerprint density at radius 1 is 1.50 bits per heavy atom. The zero-order chi connectivity index (χ0) is 13.5. The fourth-order valence-corrected chi connectivity index (χ4v) is 2.12. The fraction of sp³-hybridized carbons (Fsp3) is 0.545.